The van der Waals surface area contributed by atoms with Gasteiger partial charge in [0.1, 0.15) is 6.26 Å². The number of nitrogens with one attached hydrogen (secondary N) is 2. The molecule has 4 aromatic rings. The highest BCUT2D eigenvalue weighted by Crippen LogP contribution is 2.25. The minimum Gasteiger partial charge on any atom is -0.446 e. The molecule has 0 aliphatic carbocycles. The summed E-state index contributed by atoms with van der Waals surface area (Å²) in [7, 11) is 1.89. The fraction of sp³-hybridized carbons (Fsp3) is 0.318. The first-order valence-corrected chi connectivity index (χ1v) is 10.3. The van der Waals surface area contributed by atoms with E-state index >= 15 is 0 Å². The number of hydrogen-bond acceptors (Lipinski definition) is 7. The molecule has 0 radical (unpaired) electrons. The number of hydrogen-bond donors (Lipinski definition) is 2. The van der Waals surface area contributed by atoms with Gasteiger partial charge in [0.05, 0.1) is 17.9 Å². The molecular formula is C22H23N7O2. The van der Waals surface area contributed by atoms with E-state index in [0.717, 1.165) is 48.0 Å². The molecule has 5 rings (SSSR count). The first-order valence-electron chi connectivity index (χ1n) is 10.3. The Morgan fingerprint density at radius 3 is 2.84 bits per heavy atom. The lowest BCUT2D eigenvalue weighted by atomic mass is 9.97. The maximum Gasteiger partial charge on any atom is 0.224 e. The summed E-state index contributed by atoms with van der Waals surface area (Å²) in [6.45, 7) is 1.68. The summed E-state index contributed by atoms with van der Waals surface area (Å²) >= 11 is 0. The van der Waals surface area contributed by atoms with Gasteiger partial charge in [-0.2, -0.15) is 5.10 Å². The molecule has 1 amide bonds. The molecule has 1 aromatic carbocycles. The molecule has 0 bridgehead atoms. The van der Waals surface area contributed by atoms with Crippen molar-refractivity contribution in [3.8, 4) is 11.1 Å². The van der Waals surface area contributed by atoms with E-state index in [4.69, 9.17) is 9.40 Å². The Morgan fingerprint density at radius 1 is 1.23 bits per heavy atom. The van der Waals surface area contributed by atoms with Crippen molar-refractivity contribution in [3.05, 3.63) is 61.0 Å². The smallest absolute Gasteiger partial charge is 0.224 e. The van der Waals surface area contributed by atoms with Gasteiger partial charge in [0.15, 0.2) is 11.9 Å². The summed E-state index contributed by atoms with van der Waals surface area (Å²) in [4.78, 5) is 26.4. The van der Waals surface area contributed by atoms with Crippen LogP contribution in [-0.4, -0.2) is 43.7 Å². The van der Waals surface area contributed by atoms with Gasteiger partial charge in [-0.25, -0.2) is 15.0 Å². The molecule has 9 nitrogen and oxygen atoms in total. The SMILES string of the molecule is Cn1cc(-c2ccc3cnc(C(NC(=O)C4CCNCC4)c4ncco4)nc3c2)cn1. The third-order valence-electron chi connectivity index (χ3n) is 5.59. The van der Waals surface area contributed by atoms with Crippen molar-refractivity contribution in [2.24, 2.45) is 13.0 Å². The van der Waals surface area contributed by atoms with Crippen LogP contribution in [0.1, 0.15) is 30.6 Å². The molecule has 1 saturated heterocycles. The summed E-state index contributed by atoms with van der Waals surface area (Å²) in [5.74, 6) is 0.736. The van der Waals surface area contributed by atoms with Gasteiger partial charge in [0.2, 0.25) is 11.8 Å². The number of fused-ring (bicyclic) bond motifs is 1. The number of carbonyl (C=O) groups is 1. The normalized spacial score (nSPS) is 15.8. The van der Waals surface area contributed by atoms with Crippen LogP contribution in [0.15, 0.2) is 53.7 Å². The van der Waals surface area contributed by atoms with Crippen LogP contribution in [0.5, 0.6) is 0 Å². The van der Waals surface area contributed by atoms with Crippen LogP contribution in [-0.2, 0) is 11.8 Å². The molecule has 3 aromatic heterocycles. The zero-order valence-electron chi connectivity index (χ0n) is 17.2. The van der Waals surface area contributed by atoms with Gasteiger partial charge in [-0.1, -0.05) is 12.1 Å². The number of amides is 1. The molecule has 1 aliphatic heterocycles. The Hall–Kier alpha value is -3.59. The van der Waals surface area contributed by atoms with Crippen LogP contribution in [0.2, 0.25) is 0 Å². The van der Waals surface area contributed by atoms with E-state index in [1.54, 1.807) is 17.1 Å². The minimum atomic E-state index is -0.649. The number of rotatable bonds is 5. The average Bonchev–Trinajstić information content (AvgIpc) is 3.49. The summed E-state index contributed by atoms with van der Waals surface area (Å²) in [6, 6.07) is 5.35. The zero-order chi connectivity index (χ0) is 21.2. The monoisotopic (exact) mass is 417 g/mol. The van der Waals surface area contributed by atoms with E-state index < -0.39 is 6.04 Å². The van der Waals surface area contributed by atoms with Gasteiger partial charge in [-0.05, 0) is 37.6 Å². The number of benzene rings is 1. The second-order valence-corrected chi connectivity index (χ2v) is 7.74. The van der Waals surface area contributed by atoms with Gasteiger partial charge in [0.25, 0.3) is 0 Å². The van der Waals surface area contributed by atoms with Crippen LogP contribution >= 0.6 is 0 Å². The molecule has 1 aliphatic rings. The van der Waals surface area contributed by atoms with Crippen LogP contribution in [0.25, 0.3) is 22.0 Å². The molecule has 1 fully saturated rings. The number of aryl methyl sites for hydroxylation is 1. The Labute approximate surface area is 178 Å². The molecular weight excluding hydrogens is 394 g/mol. The van der Waals surface area contributed by atoms with Crippen LogP contribution in [0, 0.1) is 5.92 Å². The van der Waals surface area contributed by atoms with Gasteiger partial charge in [0, 0.05) is 36.3 Å². The number of oxazole rings is 1. The third kappa shape index (κ3) is 4.04. The van der Waals surface area contributed by atoms with E-state index in [9.17, 15) is 4.79 Å². The van der Waals surface area contributed by atoms with Crippen molar-refractivity contribution in [1.82, 2.24) is 35.4 Å². The largest absolute Gasteiger partial charge is 0.446 e. The van der Waals surface area contributed by atoms with Crippen molar-refractivity contribution >= 4 is 16.8 Å². The van der Waals surface area contributed by atoms with Crippen LogP contribution in [0.3, 0.4) is 0 Å². The quantitative estimate of drug-likeness (QED) is 0.512. The molecule has 4 heterocycles. The minimum absolute atomic E-state index is 0.0301. The molecule has 2 N–H and O–H groups in total. The third-order valence-corrected chi connectivity index (χ3v) is 5.59. The van der Waals surface area contributed by atoms with Crippen molar-refractivity contribution < 1.29 is 9.21 Å². The van der Waals surface area contributed by atoms with E-state index in [1.807, 2.05) is 37.6 Å². The van der Waals surface area contributed by atoms with E-state index in [-0.39, 0.29) is 11.8 Å². The highest BCUT2D eigenvalue weighted by molar-refractivity contribution is 5.83. The lowest BCUT2D eigenvalue weighted by Crippen LogP contribution is -2.40. The lowest BCUT2D eigenvalue weighted by Gasteiger charge is -2.24. The van der Waals surface area contributed by atoms with Crippen molar-refractivity contribution in [1.29, 1.82) is 0 Å². The number of carbonyl (C=O) groups excluding carboxylic acids is 1. The summed E-state index contributed by atoms with van der Waals surface area (Å²) in [5.41, 5.74) is 2.80. The van der Waals surface area contributed by atoms with E-state index in [2.05, 4.69) is 25.7 Å². The fourth-order valence-electron chi connectivity index (χ4n) is 3.88. The molecule has 0 spiro atoms. The van der Waals surface area contributed by atoms with Gasteiger partial charge in [-0.15, -0.1) is 0 Å². The zero-order valence-corrected chi connectivity index (χ0v) is 17.2. The summed E-state index contributed by atoms with van der Waals surface area (Å²) in [5, 5.41) is 11.5. The Balaban J connectivity index is 1.49. The molecule has 1 atom stereocenters. The van der Waals surface area contributed by atoms with Crippen LogP contribution < -0.4 is 10.6 Å². The summed E-state index contributed by atoms with van der Waals surface area (Å²) in [6.07, 6.45) is 10.2. The summed E-state index contributed by atoms with van der Waals surface area (Å²) < 4.78 is 7.28. The van der Waals surface area contributed by atoms with Crippen LogP contribution in [0.4, 0.5) is 0 Å². The van der Waals surface area contributed by atoms with Crippen molar-refractivity contribution in [2.45, 2.75) is 18.9 Å². The highest BCUT2D eigenvalue weighted by Gasteiger charge is 2.28. The van der Waals surface area contributed by atoms with Gasteiger partial charge >= 0.3 is 0 Å². The number of piperidine rings is 1. The van der Waals surface area contributed by atoms with Crippen molar-refractivity contribution in [2.75, 3.05) is 13.1 Å². The van der Waals surface area contributed by atoms with Gasteiger partial charge in [-0.3, -0.25) is 9.48 Å². The fourth-order valence-corrected chi connectivity index (χ4v) is 3.88. The van der Waals surface area contributed by atoms with Crippen molar-refractivity contribution in [3.63, 3.8) is 0 Å². The lowest BCUT2D eigenvalue weighted by molar-refractivity contribution is -0.126. The first kappa shape index (κ1) is 19.4. The van der Waals surface area contributed by atoms with Gasteiger partial charge < -0.3 is 15.1 Å². The molecule has 31 heavy (non-hydrogen) atoms. The van der Waals surface area contributed by atoms with E-state index in [1.165, 1.54) is 6.26 Å². The first-order chi connectivity index (χ1) is 15.2. The number of nitrogens with zero attached hydrogens (tertiary/aromatic N) is 5. The molecule has 158 valence electrons. The Morgan fingerprint density at radius 2 is 2.10 bits per heavy atom. The standard InChI is InChI=1S/C22H23N7O2/c1-29-13-17(12-26-29)15-2-3-16-11-25-20(27-18(16)10-15)19(22-24-8-9-31-22)28-21(30)14-4-6-23-7-5-14/h2-3,8-14,19,23H,4-7H2,1H3,(H,28,30). The Kier molecular flexibility index (Phi) is 5.17. The molecule has 1 unspecified atom stereocenters. The van der Waals surface area contributed by atoms with E-state index in [0.29, 0.717) is 11.7 Å². The molecule has 0 saturated carbocycles. The average molecular weight is 417 g/mol. The number of aromatic nitrogens is 5. The maximum absolute atomic E-state index is 12.9. The second kappa shape index (κ2) is 8.27. The predicted molar refractivity (Wildman–Crippen MR) is 114 cm³/mol. The predicted octanol–water partition coefficient (Wildman–Crippen LogP) is 2.22. The molecule has 9 heteroatoms. The Bertz CT molecular complexity index is 1200. The second-order valence-electron chi connectivity index (χ2n) is 7.74. The highest BCUT2D eigenvalue weighted by atomic mass is 16.3. The maximum atomic E-state index is 12.9. The topological polar surface area (TPSA) is 111 Å².